The maximum Gasteiger partial charge on any atom is 0.344 e. The summed E-state index contributed by atoms with van der Waals surface area (Å²) in [6.07, 6.45) is 1.83. The largest absolute Gasteiger partial charge is 0.508 e. The lowest BCUT2D eigenvalue weighted by Gasteiger charge is -2.12. The predicted octanol–water partition coefficient (Wildman–Crippen LogP) is 5.52. The molecule has 0 unspecified atom stereocenters. The highest BCUT2D eigenvalue weighted by Crippen LogP contribution is 2.38. The van der Waals surface area contributed by atoms with Crippen molar-refractivity contribution in [2.75, 3.05) is 6.61 Å². The van der Waals surface area contributed by atoms with Crippen molar-refractivity contribution in [1.82, 2.24) is 0 Å². The van der Waals surface area contributed by atoms with Gasteiger partial charge in [-0.25, -0.2) is 4.79 Å². The first kappa shape index (κ1) is 21.5. The van der Waals surface area contributed by atoms with Crippen molar-refractivity contribution in [2.24, 2.45) is 5.16 Å². The lowest BCUT2D eigenvalue weighted by Crippen LogP contribution is -2.03. The number of phenols is 1. The summed E-state index contributed by atoms with van der Waals surface area (Å²) in [6.45, 7) is -0.550. The Morgan fingerprint density at radius 1 is 1.03 bits per heavy atom. The quantitative estimate of drug-likeness (QED) is 0.352. The molecule has 3 rings (SSSR count). The predicted molar refractivity (Wildman–Crippen MR) is 115 cm³/mol. The number of aromatic hydroxyl groups is 1. The molecule has 3 aromatic rings. The fraction of sp³-hybridized carbons (Fsp3) is 0.0909. The van der Waals surface area contributed by atoms with E-state index in [9.17, 15) is 9.90 Å². The van der Waals surface area contributed by atoms with Crippen LogP contribution in [-0.4, -0.2) is 29.0 Å². The lowest BCUT2D eigenvalue weighted by molar-refractivity contribution is -0.142. The Morgan fingerprint density at radius 2 is 1.73 bits per heavy atom. The maximum absolute atomic E-state index is 10.4. The molecule has 0 aliphatic heterocycles. The van der Waals surface area contributed by atoms with Gasteiger partial charge < -0.3 is 19.8 Å². The second-order valence-corrected chi connectivity index (χ2v) is 7.08. The van der Waals surface area contributed by atoms with Crippen LogP contribution in [0.4, 0.5) is 0 Å². The number of carbonyl (C=O) groups is 1. The van der Waals surface area contributed by atoms with Crippen LogP contribution in [0.1, 0.15) is 16.7 Å². The van der Waals surface area contributed by atoms with Crippen molar-refractivity contribution in [2.45, 2.75) is 6.42 Å². The van der Waals surface area contributed by atoms with Gasteiger partial charge in [0, 0.05) is 12.0 Å². The lowest BCUT2D eigenvalue weighted by atomic mass is 10.0. The van der Waals surface area contributed by atoms with E-state index in [1.54, 1.807) is 30.3 Å². The summed E-state index contributed by atoms with van der Waals surface area (Å²) < 4.78 is 5.86. The van der Waals surface area contributed by atoms with E-state index < -0.39 is 12.6 Å². The third-order valence-electron chi connectivity index (χ3n) is 3.99. The van der Waals surface area contributed by atoms with Gasteiger partial charge in [-0.05, 0) is 41.5 Å². The molecule has 2 N–H and O–H groups in total. The number of carboxylic acids is 1. The first-order valence-corrected chi connectivity index (χ1v) is 9.58. The van der Waals surface area contributed by atoms with Gasteiger partial charge in [0.1, 0.15) is 11.5 Å². The Morgan fingerprint density at radius 3 is 2.40 bits per heavy atom. The standard InChI is InChI=1S/C22H17Cl2NO5/c23-18-9-15(12-25-29-13-21(27)28)10-19(24)22(18)30-17-6-7-20(26)16(11-17)8-14-4-2-1-3-5-14/h1-7,9-12,26H,8,13H2,(H,27,28). The van der Waals surface area contributed by atoms with E-state index >= 15 is 0 Å². The Hall–Kier alpha value is -3.22. The van der Waals surface area contributed by atoms with Crippen LogP contribution in [0.5, 0.6) is 17.2 Å². The number of phenolic OH excluding ortho intramolecular Hbond substituents is 1. The topological polar surface area (TPSA) is 88.4 Å². The number of benzene rings is 3. The highest BCUT2D eigenvalue weighted by Gasteiger charge is 2.12. The molecule has 0 spiro atoms. The van der Waals surface area contributed by atoms with E-state index in [-0.39, 0.29) is 21.5 Å². The number of oxime groups is 1. The van der Waals surface area contributed by atoms with Crippen LogP contribution in [0.3, 0.4) is 0 Å². The van der Waals surface area contributed by atoms with Gasteiger partial charge in [0.2, 0.25) is 6.61 Å². The molecule has 6 nitrogen and oxygen atoms in total. The van der Waals surface area contributed by atoms with Crippen molar-refractivity contribution < 1.29 is 24.6 Å². The average Bonchev–Trinajstić information content (AvgIpc) is 2.71. The van der Waals surface area contributed by atoms with Crippen molar-refractivity contribution in [3.05, 3.63) is 87.4 Å². The van der Waals surface area contributed by atoms with Crippen LogP contribution in [0.25, 0.3) is 0 Å². The molecule has 0 aliphatic rings. The molecular weight excluding hydrogens is 429 g/mol. The van der Waals surface area contributed by atoms with Crippen LogP contribution in [0.15, 0.2) is 65.8 Å². The van der Waals surface area contributed by atoms with Crippen LogP contribution >= 0.6 is 23.2 Å². The second-order valence-electron chi connectivity index (χ2n) is 6.27. The molecule has 3 aromatic carbocycles. The average molecular weight is 446 g/mol. The van der Waals surface area contributed by atoms with Crippen LogP contribution in [-0.2, 0) is 16.1 Å². The Balaban J connectivity index is 1.77. The monoisotopic (exact) mass is 445 g/mol. The fourth-order valence-electron chi connectivity index (χ4n) is 2.64. The third-order valence-corrected chi connectivity index (χ3v) is 4.55. The summed E-state index contributed by atoms with van der Waals surface area (Å²) >= 11 is 12.6. The number of nitrogens with zero attached hydrogens (tertiary/aromatic N) is 1. The molecule has 154 valence electrons. The number of ether oxygens (including phenoxy) is 1. The minimum Gasteiger partial charge on any atom is -0.508 e. The van der Waals surface area contributed by atoms with Gasteiger partial charge in [0.05, 0.1) is 16.3 Å². The van der Waals surface area contributed by atoms with Crippen molar-refractivity contribution in [3.8, 4) is 17.2 Å². The van der Waals surface area contributed by atoms with Crippen LogP contribution < -0.4 is 4.74 Å². The second kappa shape index (κ2) is 10.0. The molecule has 0 radical (unpaired) electrons. The highest BCUT2D eigenvalue weighted by atomic mass is 35.5. The van der Waals surface area contributed by atoms with Crippen molar-refractivity contribution >= 4 is 35.4 Å². The number of carboxylic acid groups (broad SMARTS) is 1. The van der Waals surface area contributed by atoms with Gasteiger partial charge in [-0.2, -0.15) is 0 Å². The zero-order valence-corrected chi connectivity index (χ0v) is 17.1. The van der Waals surface area contributed by atoms with Gasteiger partial charge >= 0.3 is 5.97 Å². The van der Waals surface area contributed by atoms with Gasteiger partial charge in [0.25, 0.3) is 0 Å². The summed E-state index contributed by atoms with van der Waals surface area (Å²) in [5, 5.41) is 22.7. The molecule has 0 atom stereocenters. The van der Waals surface area contributed by atoms with Gasteiger partial charge in [0.15, 0.2) is 5.75 Å². The fourth-order valence-corrected chi connectivity index (χ4v) is 3.22. The van der Waals surface area contributed by atoms with E-state index in [4.69, 9.17) is 33.0 Å². The number of hydrogen-bond acceptors (Lipinski definition) is 5. The van der Waals surface area contributed by atoms with E-state index in [0.717, 1.165) is 5.56 Å². The van der Waals surface area contributed by atoms with Crippen molar-refractivity contribution in [1.29, 1.82) is 0 Å². The summed E-state index contributed by atoms with van der Waals surface area (Å²) in [7, 11) is 0. The Bertz CT molecular complexity index is 1050. The molecule has 30 heavy (non-hydrogen) atoms. The molecule has 0 saturated heterocycles. The van der Waals surface area contributed by atoms with Gasteiger partial charge in [-0.1, -0.05) is 58.7 Å². The molecule has 0 bridgehead atoms. The molecule has 0 aromatic heterocycles. The number of halogens is 2. The molecule has 0 heterocycles. The van der Waals surface area contributed by atoms with Gasteiger partial charge in [-0.3, -0.25) is 0 Å². The maximum atomic E-state index is 10.4. The van der Waals surface area contributed by atoms with Crippen LogP contribution in [0.2, 0.25) is 10.0 Å². The minimum atomic E-state index is -1.13. The van der Waals surface area contributed by atoms with Gasteiger partial charge in [-0.15, -0.1) is 0 Å². The Labute approximate surface area is 182 Å². The van der Waals surface area contributed by atoms with Crippen LogP contribution in [0, 0.1) is 0 Å². The summed E-state index contributed by atoms with van der Waals surface area (Å²) in [5.41, 5.74) is 2.26. The first-order chi connectivity index (χ1) is 14.4. The minimum absolute atomic E-state index is 0.163. The number of hydrogen-bond donors (Lipinski definition) is 2. The normalized spacial score (nSPS) is 10.9. The number of rotatable bonds is 8. The number of aliphatic carboxylic acids is 1. The van der Waals surface area contributed by atoms with Crippen molar-refractivity contribution in [3.63, 3.8) is 0 Å². The molecule has 0 fully saturated rings. The zero-order chi connectivity index (χ0) is 21.5. The summed E-state index contributed by atoms with van der Waals surface area (Å²) in [4.78, 5) is 15.0. The smallest absolute Gasteiger partial charge is 0.344 e. The first-order valence-electron chi connectivity index (χ1n) is 8.82. The summed E-state index contributed by atoms with van der Waals surface area (Å²) in [5.74, 6) is -0.254. The van der Waals surface area contributed by atoms with E-state index in [2.05, 4.69) is 9.99 Å². The SMILES string of the molecule is O=C(O)CON=Cc1cc(Cl)c(Oc2ccc(O)c(Cc3ccccc3)c2)c(Cl)c1. The molecule has 0 amide bonds. The van der Waals surface area contributed by atoms with E-state index in [1.807, 2.05) is 30.3 Å². The van der Waals surface area contributed by atoms with E-state index in [1.165, 1.54) is 6.21 Å². The van der Waals surface area contributed by atoms with E-state index in [0.29, 0.717) is 23.3 Å². The molecular formula is C22H17Cl2NO5. The summed E-state index contributed by atoms with van der Waals surface area (Å²) in [6, 6.07) is 17.8. The highest BCUT2D eigenvalue weighted by molar-refractivity contribution is 6.37. The molecule has 8 heteroatoms. The molecule has 0 aliphatic carbocycles. The molecule has 0 saturated carbocycles. The zero-order valence-electron chi connectivity index (χ0n) is 15.6. The third kappa shape index (κ3) is 5.89. The Kier molecular flexibility index (Phi) is 7.17.